The standard InChI is InChI=1S/C22H29N5O2/c23-20(28)15-26-10-4-7-18(14-26)22(29)27-11-8-17(9-12-27)21-19(13-24-25-21)16-5-2-1-3-6-16/h1-3,5-6,13,17-18H,4,7-12,14-15H2,(H2,23,28)(H,24,25)/t18-/m1/s1. The number of aromatic amines is 1. The minimum atomic E-state index is -0.326. The van der Waals surface area contributed by atoms with Crippen molar-refractivity contribution in [1.82, 2.24) is 20.0 Å². The SMILES string of the molecule is NC(=O)CN1CCC[C@@H](C(=O)N2CCC(c3[nH]ncc3-c3ccccc3)CC2)C1. The van der Waals surface area contributed by atoms with Crippen LogP contribution < -0.4 is 5.73 Å². The van der Waals surface area contributed by atoms with Crippen LogP contribution in [-0.2, 0) is 9.59 Å². The summed E-state index contributed by atoms with van der Waals surface area (Å²) in [6, 6.07) is 10.3. The van der Waals surface area contributed by atoms with Crippen molar-refractivity contribution in [2.45, 2.75) is 31.6 Å². The number of aromatic nitrogens is 2. The molecule has 0 spiro atoms. The van der Waals surface area contributed by atoms with Gasteiger partial charge in [0, 0.05) is 36.8 Å². The number of hydrogen-bond donors (Lipinski definition) is 2. The highest BCUT2D eigenvalue weighted by Gasteiger charge is 2.32. The largest absolute Gasteiger partial charge is 0.369 e. The number of benzene rings is 1. The van der Waals surface area contributed by atoms with E-state index in [1.54, 1.807) is 0 Å². The number of amides is 2. The van der Waals surface area contributed by atoms with Crippen LogP contribution in [0.25, 0.3) is 11.1 Å². The quantitative estimate of drug-likeness (QED) is 0.809. The number of piperidine rings is 2. The number of primary amides is 1. The summed E-state index contributed by atoms with van der Waals surface area (Å²) < 4.78 is 0. The van der Waals surface area contributed by atoms with Crippen LogP contribution in [0.5, 0.6) is 0 Å². The van der Waals surface area contributed by atoms with Gasteiger partial charge in [0.25, 0.3) is 0 Å². The summed E-state index contributed by atoms with van der Waals surface area (Å²) in [6.45, 7) is 3.26. The summed E-state index contributed by atoms with van der Waals surface area (Å²) in [4.78, 5) is 28.2. The minimum absolute atomic E-state index is 0.0216. The molecule has 2 fully saturated rings. The molecule has 29 heavy (non-hydrogen) atoms. The van der Waals surface area contributed by atoms with Crippen molar-refractivity contribution in [3.63, 3.8) is 0 Å². The van der Waals surface area contributed by atoms with E-state index in [1.165, 1.54) is 11.3 Å². The van der Waals surface area contributed by atoms with Gasteiger partial charge in [0.1, 0.15) is 0 Å². The van der Waals surface area contributed by atoms with E-state index in [2.05, 4.69) is 22.3 Å². The first-order valence-electron chi connectivity index (χ1n) is 10.5. The summed E-state index contributed by atoms with van der Waals surface area (Å²) >= 11 is 0. The second-order valence-corrected chi connectivity index (χ2v) is 8.20. The van der Waals surface area contributed by atoms with E-state index in [-0.39, 0.29) is 24.3 Å². The van der Waals surface area contributed by atoms with Crippen LogP contribution in [0.15, 0.2) is 36.5 Å². The first-order chi connectivity index (χ1) is 14.1. The molecule has 1 aromatic heterocycles. The van der Waals surface area contributed by atoms with Crippen LogP contribution in [0.4, 0.5) is 0 Å². The third-order valence-electron chi connectivity index (χ3n) is 6.20. The van der Waals surface area contributed by atoms with Crippen LogP contribution in [0.2, 0.25) is 0 Å². The number of hydrogen-bond acceptors (Lipinski definition) is 4. The molecule has 2 aliphatic rings. The highest BCUT2D eigenvalue weighted by molar-refractivity contribution is 5.80. The molecule has 0 saturated carbocycles. The maximum atomic E-state index is 13.0. The van der Waals surface area contributed by atoms with Gasteiger partial charge in [0.05, 0.1) is 18.7 Å². The summed E-state index contributed by atoms with van der Waals surface area (Å²) in [5.41, 5.74) is 8.82. The van der Waals surface area contributed by atoms with Gasteiger partial charge < -0.3 is 10.6 Å². The fourth-order valence-electron chi connectivity index (χ4n) is 4.72. The Morgan fingerprint density at radius 3 is 2.59 bits per heavy atom. The summed E-state index contributed by atoms with van der Waals surface area (Å²) in [7, 11) is 0. The maximum absolute atomic E-state index is 13.0. The lowest BCUT2D eigenvalue weighted by molar-refractivity contribution is -0.139. The molecule has 2 aromatic rings. The maximum Gasteiger partial charge on any atom is 0.231 e. The highest BCUT2D eigenvalue weighted by atomic mass is 16.2. The van der Waals surface area contributed by atoms with Crippen LogP contribution in [0.3, 0.4) is 0 Å². The number of carbonyl (C=O) groups is 2. The van der Waals surface area contributed by atoms with Gasteiger partial charge in [0.2, 0.25) is 11.8 Å². The molecule has 1 atom stereocenters. The fraction of sp³-hybridized carbons (Fsp3) is 0.500. The summed E-state index contributed by atoms with van der Waals surface area (Å²) in [6.07, 6.45) is 5.61. The van der Waals surface area contributed by atoms with Gasteiger partial charge in [0.15, 0.2) is 0 Å². The highest BCUT2D eigenvalue weighted by Crippen LogP contribution is 2.34. The van der Waals surface area contributed by atoms with E-state index in [4.69, 9.17) is 5.73 Å². The zero-order valence-corrected chi connectivity index (χ0v) is 16.7. The van der Waals surface area contributed by atoms with Crippen molar-refractivity contribution in [2.75, 3.05) is 32.7 Å². The van der Waals surface area contributed by atoms with Gasteiger partial charge in [-0.1, -0.05) is 30.3 Å². The molecule has 2 aliphatic heterocycles. The van der Waals surface area contributed by atoms with Crippen LogP contribution in [0.1, 0.15) is 37.3 Å². The molecule has 1 aromatic carbocycles. The normalized spacial score (nSPS) is 21.2. The Hall–Kier alpha value is -2.67. The number of nitrogens with one attached hydrogen (secondary N) is 1. The van der Waals surface area contributed by atoms with Gasteiger partial charge in [-0.2, -0.15) is 5.10 Å². The molecule has 0 bridgehead atoms. The number of H-pyrrole nitrogens is 1. The molecule has 3 N–H and O–H groups in total. The van der Waals surface area contributed by atoms with Gasteiger partial charge in [-0.05, 0) is 37.8 Å². The monoisotopic (exact) mass is 395 g/mol. The molecule has 3 heterocycles. The molecular formula is C22H29N5O2. The smallest absolute Gasteiger partial charge is 0.231 e. The third-order valence-corrected chi connectivity index (χ3v) is 6.20. The average Bonchev–Trinajstić information content (AvgIpc) is 3.24. The third kappa shape index (κ3) is 4.50. The van der Waals surface area contributed by atoms with Crippen LogP contribution in [0, 0.1) is 5.92 Å². The Balaban J connectivity index is 1.36. The van der Waals surface area contributed by atoms with Gasteiger partial charge in [-0.3, -0.25) is 19.6 Å². The van der Waals surface area contributed by atoms with Crippen molar-refractivity contribution >= 4 is 11.8 Å². The van der Waals surface area contributed by atoms with Crippen molar-refractivity contribution in [3.8, 4) is 11.1 Å². The molecule has 2 amide bonds. The fourth-order valence-corrected chi connectivity index (χ4v) is 4.72. The molecule has 2 saturated heterocycles. The van der Waals surface area contributed by atoms with E-state index in [1.807, 2.05) is 34.2 Å². The first kappa shape index (κ1) is 19.6. The van der Waals surface area contributed by atoms with E-state index in [0.717, 1.165) is 50.9 Å². The Morgan fingerprint density at radius 1 is 1.10 bits per heavy atom. The second-order valence-electron chi connectivity index (χ2n) is 8.20. The number of nitrogens with two attached hydrogens (primary N) is 1. The number of rotatable bonds is 5. The average molecular weight is 396 g/mol. The lowest BCUT2D eigenvalue weighted by Gasteiger charge is -2.37. The van der Waals surface area contributed by atoms with Crippen LogP contribution in [-0.4, -0.2) is 64.5 Å². The lowest BCUT2D eigenvalue weighted by atomic mass is 9.88. The Morgan fingerprint density at radius 2 is 1.86 bits per heavy atom. The predicted molar refractivity (Wildman–Crippen MR) is 111 cm³/mol. The molecule has 7 nitrogen and oxygen atoms in total. The molecule has 0 radical (unpaired) electrons. The van der Waals surface area contributed by atoms with E-state index >= 15 is 0 Å². The molecule has 0 unspecified atom stereocenters. The van der Waals surface area contributed by atoms with Gasteiger partial charge in [-0.25, -0.2) is 0 Å². The molecule has 154 valence electrons. The summed E-state index contributed by atoms with van der Waals surface area (Å²) in [5.74, 6) is 0.263. The van der Waals surface area contributed by atoms with Crippen molar-refractivity contribution in [1.29, 1.82) is 0 Å². The minimum Gasteiger partial charge on any atom is -0.369 e. The predicted octanol–water partition coefficient (Wildman–Crippen LogP) is 1.98. The molecule has 7 heteroatoms. The zero-order valence-electron chi connectivity index (χ0n) is 16.7. The number of nitrogens with zero attached hydrogens (tertiary/aromatic N) is 3. The lowest BCUT2D eigenvalue weighted by Crippen LogP contribution is -2.48. The Kier molecular flexibility index (Phi) is 5.94. The van der Waals surface area contributed by atoms with Gasteiger partial charge >= 0.3 is 0 Å². The van der Waals surface area contributed by atoms with E-state index in [0.29, 0.717) is 12.5 Å². The van der Waals surface area contributed by atoms with E-state index in [9.17, 15) is 9.59 Å². The van der Waals surface area contributed by atoms with Crippen molar-refractivity contribution in [2.24, 2.45) is 11.7 Å². The van der Waals surface area contributed by atoms with Crippen LogP contribution >= 0.6 is 0 Å². The topological polar surface area (TPSA) is 95.3 Å². The zero-order chi connectivity index (χ0) is 20.2. The van der Waals surface area contributed by atoms with Crippen molar-refractivity contribution < 1.29 is 9.59 Å². The Labute approximate surface area is 171 Å². The number of carbonyl (C=O) groups excluding carboxylic acids is 2. The number of likely N-dealkylation sites (tertiary alicyclic amines) is 2. The summed E-state index contributed by atoms with van der Waals surface area (Å²) in [5, 5.41) is 7.49. The first-order valence-corrected chi connectivity index (χ1v) is 10.5. The molecule has 4 rings (SSSR count). The van der Waals surface area contributed by atoms with Gasteiger partial charge in [-0.15, -0.1) is 0 Å². The molecule has 0 aliphatic carbocycles. The Bertz CT molecular complexity index is 842. The second kappa shape index (κ2) is 8.78. The van der Waals surface area contributed by atoms with E-state index < -0.39 is 0 Å². The molecular weight excluding hydrogens is 366 g/mol. The van der Waals surface area contributed by atoms with Crippen molar-refractivity contribution in [3.05, 3.63) is 42.2 Å².